The molecule has 9 heteroatoms. The zero-order chi connectivity index (χ0) is 20.3. The van der Waals surface area contributed by atoms with E-state index in [1.54, 1.807) is 36.4 Å². The molecule has 28 heavy (non-hydrogen) atoms. The summed E-state index contributed by atoms with van der Waals surface area (Å²) < 4.78 is 44.5. The Balaban J connectivity index is 2.06. The van der Waals surface area contributed by atoms with Crippen LogP contribution in [0, 0.1) is 6.92 Å². The fourth-order valence-electron chi connectivity index (χ4n) is 2.64. The summed E-state index contributed by atoms with van der Waals surface area (Å²) in [6.45, 7) is 1.89. The molecule has 0 atom stereocenters. The molecule has 0 saturated carbocycles. The Morgan fingerprint density at radius 3 is 2.29 bits per heavy atom. The normalized spacial score (nSPS) is 11.1. The fourth-order valence-corrected chi connectivity index (χ4v) is 4.51. The van der Waals surface area contributed by atoms with Gasteiger partial charge < -0.3 is 14.2 Å². The third-order valence-corrected chi connectivity index (χ3v) is 6.18. The van der Waals surface area contributed by atoms with E-state index in [2.05, 4.69) is 9.71 Å². The Labute approximate surface area is 168 Å². The second kappa shape index (κ2) is 8.07. The smallest absolute Gasteiger partial charge is 0.265 e. The third kappa shape index (κ3) is 4.05. The van der Waals surface area contributed by atoms with Gasteiger partial charge in [0.25, 0.3) is 10.0 Å². The molecule has 1 aromatic heterocycles. The number of nitrogens with zero attached hydrogens (tertiary/aromatic N) is 1. The van der Waals surface area contributed by atoms with Crippen LogP contribution in [-0.2, 0) is 10.0 Å². The van der Waals surface area contributed by atoms with Gasteiger partial charge in [0.05, 0.1) is 37.7 Å². The van der Waals surface area contributed by atoms with Crippen LogP contribution < -0.4 is 18.9 Å². The van der Waals surface area contributed by atoms with Crippen molar-refractivity contribution in [3.05, 3.63) is 46.8 Å². The first-order valence-electron chi connectivity index (χ1n) is 8.23. The van der Waals surface area contributed by atoms with Crippen molar-refractivity contribution in [1.82, 2.24) is 4.98 Å². The first-order chi connectivity index (χ1) is 13.4. The maximum absolute atomic E-state index is 13.1. The van der Waals surface area contributed by atoms with Crippen molar-refractivity contribution < 1.29 is 22.6 Å². The van der Waals surface area contributed by atoms with E-state index in [-0.39, 0.29) is 16.3 Å². The lowest BCUT2D eigenvalue weighted by Crippen LogP contribution is -2.15. The molecule has 0 bridgehead atoms. The van der Waals surface area contributed by atoms with E-state index in [0.29, 0.717) is 22.8 Å². The van der Waals surface area contributed by atoms with Gasteiger partial charge in [0.2, 0.25) is 0 Å². The highest BCUT2D eigenvalue weighted by atomic mass is 32.2. The lowest BCUT2D eigenvalue weighted by molar-refractivity contribution is 0.402. The van der Waals surface area contributed by atoms with Gasteiger partial charge in [-0.05, 0) is 37.3 Å². The largest absolute Gasteiger partial charge is 0.497 e. The summed E-state index contributed by atoms with van der Waals surface area (Å²) in [5.41, 5.74) is 1.66. The van der Waals surface area contributed by atoms with Gasteiger partial charge in [0, 0.05) is 17.0 Å². The molecule has 1 N–H and O–H groups in total. The van der Waals surface area contributed by atoms with Crippen LogP contribution >= 0.6 is 11.3 Å². The lowest BCUT2D eigenvalue weighted by atomic mass is 10.2. The Morgan fingerprint density at radius 2 is 1.68 bits per heavy atom. The average Bonchev–Trinajstić information content (AvgIpc) is 3.13. The molecular weight excluding hydrogens is 400 g/mol. The van der Waals surface area contributed by atoms with E-state index < -0.39 is 10.0 Å². The zero-order valence-corrected chi connectivity index (χ0v) is 17.5. The molecule has 0 radical (unpaired) electrons. The number of benzene rings is 2. The summed E-state index contributed by atoms with van der Waals surface area (Å²) in [6, 6.07) is 9.80. The summed E-state index contributed by atoms with van der Waals surface area (Å²) in [5.74, 6) is 1.09. The van der Waals surface area contributed by atoms with Crippen LogP contribution in [0.5, 0.6) is 17.2 Å². The van der Waals surface area contributed by atoms with Gasteiger partial charge >= 0.3 is 0 Å². The predicted molar refractivity (Wildman–Crippen MR) is 109 cm³/mol. The monoisotopic (exact) mass is 420 g/mol. The highest BCUT2D eigenvalue weighted by Crippen LogP contribution is 2.35. The molecule has 0 spiro atoms. The van der Waals surface area contributed by atoms with Crippen LogP contribution in [0.1, 0.15) is 5.01 Å². The van der Waals surface area contributed by atoms with E-state index in [1.165, 1.54) is 32.7 Å². The second-order valence-electron chi connectivity index (χ2n) is 5.79. The number of thiazole rings is 1. The van der Waals surface area contributed by atoms with Crippen LogP contribution in [0.25, 0.3) is 11.3 Å². The van der Waals surface area contributed by atoms with Gasteiger partial charge in [0.1, 0.15) is 22.1 Å². The number of methoxy groups -OCH3 is 3. The summed E-state index contributed by atoms with van der Waals surface area (Å²) in [7, 11) is 0.418. The standard InChI is InChI=1S/C19H20N2O5S2/c1-12-20-16(11-27-12)13-5-7-18(26-4)19(9-13)28(22,23)21-15-10-14(24-2)6-8-17(15)25-3/h5-11,21H,1-4H3. The second-order valence-corrected chi connectivity index (χ2v) is 8.50. The summed E-state index contributed by atoms with van der Waals surface area (Å²) >= 11 is 1.50. The number of anilines is 1. The van der Waals surface area contributed by atoms with E-state index in [0.717, 1.165) is 5.01 Å². The average molecular weight is 421 g/mol. The molecule has 148 valence electrons. The first kappa shape index (κ1) is 20.0. The molecule has 1 heterocycles. The number of sulfonamides is 1. The number of hydrogen-bond donors (Lipinski definition) is 1. The minimum absolute atomic E-state index is 0.00280. The molecule has 2 aromatic carbocycles. The number of nitrogens with one attached hydrogen (secondary N) is 1. The molecule has 3 aromatic rings. The molecular formula is C19H20N2O5S2. The highest BCUT2D eigenvalue weighted by Gasteiger charge is 2.23. The molecule has 3 rings (SSSR count). The molecule has 0 unspecified atom stereocenters. The van der Waals surface area contributed by atoms with Crippen LogP contribution in [-0.4, -0.2) is 34.7 Å². The van der Waals surface area contributed by atoms with Crippen LogP contribution in [0.4, 0.5) is 5.69 Å². The number of hydrogen-bond acceptors (Lipinski definition) is 7. The van der Waals surface area contributed by atoms with Crippen molar-refractivity contribution in [2.24, 2.45) is 0 Å². The molecule has 0 saturated heterocycles. The predicted octanol–water partition coefficient (Wildman–Crippen LogP) is 3.95. The highest BCUT2D eigenvalue weighted by molar-refractivity contribution is 7.92. The number of rotatable bonds is 7. The van der Waals surface area contributed by atoms with Gasteiger partial charge in [-0.1, -0.05) is 0 Å². The van der Waals surface area contributed by atoms with Crippen molar-refractivity contribution in [2.45, 2.75) is 11.8 Å². The number of aryl methyl sites for hydroxylation is 1. The van der Waals surface area contributed by atoms with Gasteiger partial charge in [-0.25, -0.2) is 13.4 Å². The van der Waals surface area contributed by atoms with Gasteiger partial charge in [-0.3, -0.25) is 4.72 Å². The van der Waals surface area contributed by atoms with Crippen LogP contribution in [0.3, 0.4) is 0 Å². The van der Waals surface area contributed by atoms with Crippen molar-refractivity contribution in [1.29, 1.82) is 0 Å². The SMILES string of the molecule is COc1ccc(OC)c(NS(=O)(=O)c2cc(-c3csc(C)n3)ccc2OC)c1. The Kier molecular flexibility index (Phi) is 5.76. The maximum atomic E-state index is 13.1. The van der Waals surface area contributed by atoms with E-state index >= 15 is 0 Å². The fraction of sp³-hybridized carbons (Fsp3) is 0.211. The molecule has 0 aliphatic carbocycles. The van der Waals surface area contributed by atoms with E-state index in [4.69, 9.17) is 14.2 Å². The maximum Gasteiger partial charge on any atom is 0.265 e. The number of ether oxygens (including phenoxy) is 3. The van der Waals surface area contributed by atoms with Gasteiger partial charge in [-0.15, -0.1) is 11.3 Å². The Morgan fingerprint density at radius 1 is 0.964 bits per heavy atom. The summed E-state index contributed by atoms with van der Waals surface area (Å²) in [6.07, 6.45) is 0. The molecule has 7 nitrogen and oxygen atoms in total. The zero-order valence-electron chi connectivity index (χ0n) is 15.8. The van der Waals surface area contributed by atoms with Gasteiger partial charge in [0.15, 0.2) is 0 Å². The third-order valence-electron chi connectivity index (χ3n) is 4.02. The van der Waals surface area contributed by atoms with Crippen molar-refractivity contribution in [3.63, 3.8) is 0 Å². The van der Waals surface area contributed by atoms with Crippen LogP contribution in [0.2, 0.25) is 0 Å². The topological polar surface area (TPSA) is 86.8 Å². The quantitative estimate of drug-likeness (QED) is 0.623. The summed E-state index contributed by atoms with van der Waals surface area (Å²) in [5, 5.41) is 2.78. The minimum Gasteiger partial charge on any atom is -0.497 e. The van der Waals surface area contributed by atoms with Crippen LogP contribution in [0.15, 0.2) is 46.7 Å². The minimum atomic E-state index is -3.97. The molecule has 0 aliphatic heterocycles. The van der Waals surface area contributed by atoms with Crippen molar-refractivity contribution in [2.75, 3.05) is 26.1 Å². The van der Waals surface area contributed by atoms with Crippen molar-refractivity contribution in [3.8, 4) is 28.5 Å². The molecule has 0 amide bonds. The van der Waals surface area contributed by atoms with E-state index in [1.807, 2.05) is 12.3 Å². The molecule has 0 fully saturated rings. The Hall–Kier alpha value is -2.78. The van der Waals surface area contributed by atoms with Gasteiger partial charge in [-0.2, -0.15) is 0 Å². The van der Waals surface area contributed by atoms with E-state index in [9.17, 15) is 8.42 Å². The number of aromatic nitrogens is 1. The molecule has 0 aliphatic rings. The lowest BCUT2D eigenvalue weighted by Gasteiger charge is -2.15. The first-order valence-corrected chi connectivity index (χ1v) is 10.6. The van der Waals surface area contributed by atoms with Crippen molar-refractivity contribution >= 4 is 27.0 Å². The summed E-state index contributed by atoms with van der Waals surface area (Å²) in [4.78, 5) is 4.42. The Bertz CT molecular complexity index is 1090.